The lowest BCUT2D eigenvalue weighted by Crippen LogP contribution is -2.26. The van der Waals surface area contributed by atoms with E-state index in [0.29, 0.717) is 0 Å². The summed E-state index contributed by atoms with van der Waals surface area (Å²) in [6, 6.07) is 25.8. The summed E-state index contributed by atoms with van der Waals surface area (Å²) in [7, 11) is 0. The topological polar surface area (TPSA) is 24.5 Å². The molecule has 0 spiro atoms. The first kappa shape index (κ1) is 14.7. The van der Waals surface area contributed by atoms with Crippen molar-refractivity contribution in [2.75, 3.05) is 11.4 Å². The zero-order chi connectivity index (χ0) is 17.8. The van der Waals surface area contributed by atoms with Crippen LogP contribution in [-0.2, 0) is 6.42 Å². The van der Waals surface area contributed by atoms with Crippen molar-refractivity contribution >= 4 is 32.9 Å². The van der Waals surface area contributed by atoms with Gasteiger partial charge in [-0.15, -0.1) is 0 Å². The van der Waals surface area contributed by atoms with Gasteiger partial charge in [-0.2, -0.15) is 0 Å². The van der Waals surface area contributed by atoms with Crippen LogP contribution in [0.15, 0.2) is 79.0 Å². The third kappa shape index (κ3) is 2.08. The Hall–Kier alpha value is -3.46. The van der Waals surface area contributed by atoms with Crippen LogP contribution in [0.3, 0.4) is 0 Å². The SMILES string of the molecule is C1=C(N2CCc3ccc4ccccc4c32)c2c(ccc3ccccc23)ON1. The van der Waals surface area contributed by atoms with E-state index in [0.717, 1.165) is 24.3 Å². The number of rotatable bonds is 1. The summed E-state index contributed by atoms with van der Waals surface area (Å²) < 4.78 is 0. The van der Waals surface area contributed by atoms with Gasteiger partial charge in [0.25, 0.3) is 0 Å². The maximum absolute atomic E-state index is 5.74. The molecule has 2 aliphatic heterocycles. The molecule has 2 heterocycles. The Kier molecular flexibility index (Phi) is 3.00. The fourth-order valence-corrected chi connectivity index (χ4v) is 4.44. The molecule has 0 amide bonds. The molecule has 0 radical (unpaired) electrons. The lowest BCUT2D eigenvalue weighted by molar-refractivity contribution is 0.238. The Balaban J connectivity index is 1.61. The molecule has 6 rings (SSSR count). The third-order valence-corrected chi connectivity index (χ3v) is 5.66. The van der Waals surface area contributed by atoms with E-state index in [1.165, 1.54) is 38.5 Å². The van der Waals surface area contributed by atoms with Crippen LogP contribution in [0.2, 0.25) is 0 Å². The molecule has 4 aromatic carbocycles. The number of anilines is 1. The van der Waals surface area contributed by atoms with Gasteiger partial charge >= 0.3 is 0 Å². The fourth-order valence-electron chi connectivity index (χ4n) is 4.44. The van der Waals surface area contributed by atoms with Crippen molar-refractivity contribution in [2.45, 2.75) is 6.42 Å². The van der Waals surface area contributed by atoms with Crippen molar-refractivity contribution in [3.8, 4) is 5.75 Å². The summed E-state index contributed by atoms with van der Waals surface area (Å²) in [6.07, 6.45) is 3.05. The summed E-state index contributed by atoms with van der Waals surface area (Å²) in [5.41, 5.74) is 8.06. The Morgan fingerprint density at radius 3 is 2.41 bits per heavy atom. The number of hydroxylamine groups is 1. The molecular weight excluding hydrogens is 332 g/mol. The van der Waals surface area contributed by atoms with E-state index < -0.39 is 0 Å². The average Bonchev–Trinajstić information content (AvgIpc) is 3.18. The zero-order valence-electron chi connectivity index (χ0n) is 14.8. The molecular formula is C24H18N2O. The Morgan fingerprint density at radius 2 is 1.52 bits per heavy atom. The molecule has 0 saturated carbocycles. The Labute approximate surface area is 157 Å². The van der Waals surface area contributed by atoms with E-state index in [-0.39, 0.29) is 0 Å². The molecule has 0 unspecified atom stereocenters. The Bertz CT molecular complexity index is 1240. The standard InChI is InChI=1S/C24H18N2O/c1-3-7-19-16(5-1)11-12-22-23(19)21(15-25-27-22)26-14-13-18-10-9-17-6-2-4-8-20(17)24(18)26/h1-12,15,25H,13-14H2. The first-order valence-corrected chi connectivity index (χ1v) is 9.33. The van der Waals surface area contributed by atoms with Gasteiger partial charge in [-0.3, -0.25) is 0 Å². The van der Waals surface area contributed by atoms with Gasteiger partial charge in [0.2, 0.25) is 0 Å². The van der Waals surface area contributed by atoms with Crippen LogP contribution in [0.1, 0.15) is 11.1 Å². The highest BCUT2D eigenvalue weighted by Gasteiger charge is 2.29. The second-order valence-electron chi connectivity index (χ2n) is 7.11. The number of nitrogens with zero attached hydrogens (tertiary/aromatic N) is 1. The number of fused-ring (bicyclic) bond motifs is 6. The van der Waals surface area contributed by atoms with Crippen LogP contribution in [0.4, 0.5) is 5.69 Å². The van der Waals surface area contributed by atoms with Crippen LogP contribution in [0.25, 0.3) is 27.2 Å². The van der Waals surface area contributed by atoms with Crippen molar-refractivity contribution in [3.63, 3.8) is 0 Å². The minimum Gasteiger partial charge on any atom is -0.382 e. The van der Waals surface area contributed by atoms with Crippen LogP contribution in [0.5, 0.6) is 5.75 Å². The van der Waals surface area contributed by atoms with E-state index in [1.807, 2.05) is 6.20 Å². The summed E-state index contributed by atoms with van der Waals surface area (Å²) in [4.78, 5) is 8.19. The fraction of sp³-hybridized carbons (Fsp3) is 0.0833. The minimum atomic E-state index is 0.875. The predicted molar refractivity (Wildman–Crippen MR) is 111 cm³/mol. The van der Waals surface area contributed by atoms with Crippen LogP contribution in [0, 0.1) is 0 Å². The smallest absolute Gasteiger partial charge is 0.165 e. The highest BCUT2D eigenvalue weighted by atomic mass is 16.6. The van der Waals surface area contributed by atoms with Gasteiger partial charge in [-0.1, -0.05) is 66.7 Å². The van der Waals surface area contributed by atoms with Crippen molar-refractivity contribution in [2.24, 2.45) is 0 Å². The molecule has 130 valence electrons. The largest absolute Gasteiger partial charge is 0.382 e. The summed E-state index contributed by atoms with van der Waals surface area (Å²) in [5.74, 6) is 0.875. The predicted octanol–water partition coefficient (Wildman–Crippen LogP) is 5.25. The molecule has 3 nitrogen and oxygen atoms in total. The zero-order valence-corrected chi connectivity index (χ0v) is 14.8. The normalized spacial score (nSPS) is 15.1. The van der Waals surface area contributed by atoms with Crippen molar-refractivity contribution < 1.29 is 4.84 Å². The van der Waals surface area contributed by atoms with E-state index >= 15 is 0 Å². The molecule has 1 N–H and O–H groups in total. The molecule has 0 atom stereocenters. The van der Waals surface area contributed by atoms with Crippen molar-refractivity contribution in [1.82, 2.24) is 5.48 Å². The van der Waals surface area contributed by atoms with Gasteiger partial charge in [-0.05, 0) is 34.2 Å². The molecule has 0 aromatic heterocycles. The molecule has 0 aliphatic carbocycles. The van der Waals surface area contributed by atoms with Crippen LogP contribution in [-0.4, -0.2) is 6.54 Å². The second-order valence-corrected chi connectivity index (χ2v) is 7.11. The van der Waals surface area contributed by atoms with Crippen LogP contribution >= 0.6 is 0 Å². The Morgan fingerprint density at radius 1 is 0.778 bits per heavy atom. The molecule has 3 heteroatoms. The van der Waals surface area contributed by atoms with Gasteiger partial charge in [0.15, 0.2) is 5.75 Å². The van der Waals surface area contributed by atoms with Gasteiger partial charge in [0, 0.05) is 11.9 Å². The summed E-state index contributed by atoms with van der Waals surface area (Å²) >= 11 is 0. The molecule has 0 saturated heterocycles. The molecule has 0 bridgehead atoms. The monoisotopic (exact) mass is 350 g/mol. The van der Waals surface area contributed by atoms with Gasteiger partial charge in [0.1, 0.15) is 0 Å². The van der Waals surface area contributed by atoms with E-state index in [2.05, 4.69) is 83.2 Å². The molecule has 27 heavy (non-hydrogen) atoms. The third-order valence-electron chi connectivity index (χ3n) is 5.66. The lowest BCUT2D eigenvalue weighted by atomic mass is 9.99. The van der Waals surface area contributed by atoms with Gasteiger partial charge in [-0.25, -0.2) is 5.48 Å². The quantitative estimate of drug-likeness (QED) is 0.507. The molecule has 0 fully saturated rings. The summed E-state index contributed by atoms with van der Waals surface area (Å²) in [6.45, 7) is 0.972. The van der Waals surface area contributed by atoms with Gasteiger partial charge < -0.3 is 9.74 Å². The first-order chi connectivity index (χ1) is 13.4. The maximum Gasteiger partial charge on any atom is 0.165 e. The molecule has 2 aliphatic rings. The van der Waals surface area contributed by atoms with Crippen molar-refractivity contribution in [1.29, 1.82) is 0 Å². The van der Waals surface area contributed by atoms with Crippen LogP contribution < -0.4 is 15.2 Å². The average molecular weight is 350 g/mol. The van der Waals surface area contributed by atoms with Crippen molar-refractivity contribution in [3.05, 3.63) is 90.1 Å². The van der Waals surface area contributed by atoms with E-state index in [9.17, 15) is 0 Å². The number of nitrogens with one attached hydrogen (secondary N) is 1. The highest BCUT2D eigenvalue weighted by Crippen LogP contribution is 2.44. The maximum atomic E-state index is 5.74. The number of benzene rings is 4. The second kappa shape index (κ2) is 5.52. The minimum absolute atomic E-state index is 0.875. The number of hydrogen-bond acceptors (Lipinski definition) is 3. The van der Waals surface area contributed by atoms with Gasteiger partial charge in [0.05, 0.1) is 23.1 Å². The molecule has 4 aromatic rings. The highest BCUT2D eigenvalue weighted by molar-refractivity contribution is 6.05. The lowest BCUT2D eigenvalue weighted by Gasteiger charge is -2.29. The number of hydrogen-bond donors (Lipinski definition) is 1. The summed E-state index contributed by atoms with van der Waals surface area (Å²) in [5, 5.41) is 5.03. The van der Waals surface area contributed by atoms with E-state index in [4.69, 9.17) is 4.84 Å². The first-order valence-electron chi connectivity index (χ1n) is 9.33. The van der Waals surface area contributed by atoms with E-state index in [1.54, 1.807) is 0 Å².